The van der Waals surface area contributed by atoms with Gasteiger partial charge in [-0.3, -0.25) is 14.9 Å². The minimum atomic E-state index is -1.08. The Morgan fingerprint density at radius 2 is 2.17 bits per heavy atom. The van der Waals surface area contributed by atoms with Gasteiger partial charge in [0.25, 0.3) is 11.6 Å². The molecular weight excluding hydrogens is 316 g/mol. The summed E-state index contributed by atoms with van der Waals surface area (Å²) in [5, 5.41) is 22.1. The van der Waals surface area contributed by atoms with Crippen molar-refractivity contribution >= 4 is 23.3 Å². The number of hydrogen-bond donors (Lipinski definition) is 1. The van der Waals surface area contributed by atoms with E-state index in [0.717, 1.165) is 6.07 Å². The lowest BCUT2D eigenvalue weighted by Crippen LogP contribution is -2.38. The molecule has 0 aromatic heterocycles. The lowest BCUT2D eigenvalue weighted by molar-refractivity contribution is -0.384. The Hall–Kier alpha value is -3.15. The van der Waals surface area contributed by atoms with Crippen molar-refractivity contribution in [3.63, 3.8) is 0 Å². The topological polar surface area (TPSA) is 126 Å². The molecule has 1 rings (SSSR count). The number of nitro benzene ring substituents is 1. The van der Waals surface area contributed by atoms with Crippen LogP contribution in [0.25, 0.3) is 0 Å². The van der Waals surface area contributed by atoms with Crippen LogP contribution in [0.15, 0.2) is 18.2 Å². The Morgan fingerprint density at radius 1 is 1.50 bits per heavy atom. The predicted molar refractivity (Wildman–Crippen MR) is 85.4 cm³/mol. The average Bonchev–Trinajstić information content (AvgIpc) is 2.57. The maximum Gasteiger partial charge on any atom is 0.341 e. The van der Waals surface area contributed by atoms with Crippen LogP contribution in [0, 0.1) is 21.4 Å². The molecule has 0 bridgehead atoms. The van der Waals surface area contributed by atoms with Gasteiger partial charge in [0.05, 0.1) is 23.0 Å². The van der Waals surface area contributed by atoms with Gasteiger partial charge in [0, 0.05) is 38.5 Å². The zero-order valence-corrected chi connectivity index (χ0v) is 13.6. The molecule has 0 saturated carbocycles. The summed E-state index contributed by atoms with van der Waals surface area (Å²) in [5.41, 5.74) is 0.0557. The number of non-ortho nitro benzene ring substituents is 1. The molecule has 1 aromatic carbocycles. The summed E-state index contributed by atoms with van der Waals surface area (Å²) in [6, 6.07) is 5.65. The van der Waals surface area contributed by atoms with Crippen LogP contribution in [0.2, 0.25) is 0 Å². The van der Waals surface area contributed by atoms with E-state index in [4.69, 9.17) is 10.00 Å². The van der Waals surface area contributed by atoms with Crippen molar-refractivity contribution in [2.45, 2.75) is 19.4 Å². The number of nitriles is 1. The maximum atomic E-state index is 12.2. The van der Waals surface area contributed by atoms with Crippen LogP contribution in [-0.4, -0.2) is 48.4 Å². The first-order valence-electron chi connectivity index (χ1n) is 7.11. The van der Waals surface area contributed by atoms with Crippen molar-refractivity contribution in [3.8, 4) is 6.07 Å². The molecule has 0 spiro atoms. The molecule has 1 aromatic rings. The number of rotatable bonds is 7. The van der Waals surface area contributed by atoms with E-state index < -0.39 is 22.9 Å². The number of anilines is 1. The zero-order valence-electron chi connectivity index (χ0n) is 13.6. The second-order valence-corrected chi connectivity index (χ2v) is 4.95. The average molecular weight is 334 g/mol. The largest absolute Gasteiger partial charge is 0.449 e. The Morgan fingerprint density at radius 3 is 2.71 bits per heavy atom. The van der Waals surface area contributed by atoms with Gasteiger partial charge in [0.2, 0.25) is 0 Å². The highest BCUT2D eigenvalue weighted by Crippen LogP contribution is 2.23. The quantitative estimate of drug-likeness (QED) is 0.455. The van der Waals surface area contributed by atoms with Crippen LogP contribution in [0.1, 0.15) is 23.7 Å². The number of esters is 1. The summed E-state index contributed by atoms with van der Waals surface area (Å²) >= 11 is 0. The fourth-order valence-electron chi connectivity index (χ4n) is 1.95. The molecule has 0 unspecified atom stereocenters. The highest BCUT2D eigenvalue weighted by Gasteiger charge is 2.24. The molecule has 0 radical (unpaired) electrons. The zero-order chi connectivity index (χ0) is 18.3. The Balaban J connectivity index is 2.91. The normalized spacial score (nSPS) is 11.1. The molecule has 0 saturated heterocycles. The van der Waals surface area contributed by atoms with Crippen LogP contribution >= 0.6 is 0 Å². The van der Waals surface area contributed by atoms with Crippen molar-refractivity contribution in [1.82, 2.24) is 4.90 Å². The fourth-order valence-corrected chi connectivity index (χ4v) is 1.95. The minimum Gasteiger partial charge on any atom is -0.449 e. The molecule has 0 aliphatic rings. The van der Waals surface area contributed by atoms with Crippen LogP contribution in [0.4, 0.5) is 11.4 Å². The standard InChI is InChI=1S/C15H18N4O5/c1-10(14(20)18(3)8-4-7-16)24-15(21)12-9-11(19(22)23)5-6-13(12)17-2/h5-6,9-10,17H,4,8H2,1-3H3/t10-/m1/s1. The van der Waals surface area contributed by atoms with Gasteiger partial charge in [-0.05, 0) is 13.0 Å². The first-order chi connectivity index (χ1) is 11.3. The third-order valence-electron chi connectivity index (χ3n) is 3.27. The molecule has 1 N–H and O–H groups in total. The fraction of sp³-hybridized carbons (Fsp3) is 0.400. The Kier molecular flexibility index (Phi) is 6.67. The molecule has 0 aliphatic carbocycles. The van der Waals surface area contributed by atoms with Crippen molar-refractivity contribution in [3.05, 3.63) is 33.9 Å². The van der Waals surface area contributed by atoms with Crippen molar-refractivity contribution in [1.29, 1.82) is 5.26 Å². The number of amides is 1. The van der Waals surface area contributed by atoms with Crippen LogP contribution in [-0.2, 0) is 9.53 Å². The number of benzene rings is 1. The minimum absolute atomic E-state index is 0.0361. The molecule has 1 amide bonds. The number of carbonyl (C=O) groups excluding carboxylic acids is 2. The molecule has 9 nitrogen and oxygen atoms in total. The van der Waals surface area contributed by atoms with Crippen molar-refractivity contribution in [2.24, 2.45) is 0 Å². The lowest BCUT2D eigenvalue weighted by Gasteiger charge is -2.20. The first-order valence-corrected chi connectivity index (χ1v) is 7.11. The second kappa shape index (κ2) is 8.47. The lowest BCUT2D eigenvalue weighted by atomic mass is 10.1. The molecule has 1 atom stereocenters. The molecule has 24 heavy (non-hydrogen) atoms. The second-order valence-electron chi connectivity index (χ2n) is 4.95. The highest BCUT2D eigenvalue weighted by molar-refractivity contribution is 5.98. The van der Waals surface area contributed by atoms with Gasteiger partial charge < -0.3 is 15.0 Å². The smallest absolute Gasteiger partial charge is 0.341 e. The number of carbonyl (C=O) groups is 2. The van der Waals surface area contributed by atoms with E-state index in [1.54, 1.807) is 7.05 Å². The summed E-state index contributed by atoms with van der Waals surface area (Å²) in [6.45, 7) is 1.62. The SMILES string of the molecule is CNc1ccc([N+](=O)[O-])cc1C(=O)O[C@H](C)C(=O)N(C)CCC#N. The van der Waals surface area contributed by atoms with E-state index in [9.17, 15) is 19.7 Å². The van der Waals surface area contributed by atoms with Crippen LogP contribution < -0.4 is 5.32 Å². The van der Waals surface area contributed by atoms with Gasteiger partial charge in [-0.15, -0.1) is 0 Å². The number of hydrogen-bond acceptors (Lipinski definition) is 7. The van der Waals surface area contributed by atoms with Gasteiger partial charge in [-0.1, -0.05) is 0 Å². The third-order valence-corrected chi connectivity index (χ3v) is 3.27. The van der Waals surface area contributed by atoms with Gasteiger partial charge >= 0.3 is 5.97 Å². The Bertz CT molecular complexity index is 683. The summed E-state index contributed by atoms with van der Waals surface area (Å²) in [7, 11) is 3.05. The van der Waals surface area contributed by atoms with E-state index in [1.165, 1.54) is 31.0 Å². The van der Waals surface area contributed by atoms with Crippen molar-refractivity contribution < 1.29 is 19.2 Å². The van der Waals surface area contributed by atoms with Gasteiger partial charge in [0.15, 0.2) is 6.10 Å². The number of nitrogens with one attached hydrogen (secondary N) is 1. The molecular formula is C15H18N4O5. The van der Waals surface area contributed by atoms with E-state index in [-0.39, 0.29) is 24.2 Å². The van der Waals surface area contributed by atoms with Gasteiger partial charge in [-0.25, -0.2) is 4.79 Å². The van der Waals surface area contributed by atoms with Crippen molar-refractivity contribution in [2.75, 3.05) is 26.0 Å². The molecule has 0 heterocycles. The first kappa shape index (κ1) is 18.9. The molecule has 0 aliphatic heterocycles. The maximum absolute atomic E-state index is 12.2. The molecule has 0 fully saturated rings. The monoisotopic (exact) mass is 334 g/mol. The summed E-state index contributed by atoms with van der Waals surface area (Å²) in [4.78, 5) is 35.8. The summed E-state index contributed by atoms with van der Waals surface area (Å²) < 4.78 is 5.10. The third kappa shape index (κ3) is 4.67. The molecule has 9 heteroatoms. The van der Waals surface area contributed by atoms with Gasteiger partial charge in [-0.2, -0.15) is 5.26 Å². The number of nitrogens with zero attached hydrogens (tertiary/aromatic N) is 3. The summed E-state index contributed by atoms with van der Waals surface area (Å²) in [6.07, 6.45) is -0.914. The number of likely N-dealkylation sites (N-methyl/N-ethyl adjacent to an activating group) is 1. The van der Waals surface area contributed by atoms with Crippen LogP contribution in [0.3, 0.4) is 0 Å². The molecule has 128 valence electrons. The van der Waals surface area contributed by atoms with E-state index in [2.05, 4.69) is 5.32 Å². The van der Waals surface area contributed by atoms with E-state index in [0.29, 0.717) is 5.69 Å². The number of ether oxygens (including phenoxy) is 1. The number of nitro groups is 1. The summed E-state index contributed by atoms with van der Waals surface area (Å²) in [5.74, 6) is -1.31. The van der Waals surface area contributed by atoms with Crippen LogP contribution in [0.5, 0.6) is 0 Å². The van der Waals surface area contributed by atoms with E-state index in [1.807, 2.05) is 6.07 Å². The van der Waals surface area contributed by atoms with Gasteiger partial charge in [0.1, 0.15) is 0 Å². The highest BCUT2D eigenvalue weighted by atomic mass is 16.6. The predicted octanol–water partition coefficient (Wildman–Crippen LogP) is 1.55. The Labute approximate surface area is 139 Å². The van der Waals surface area contributed by atoms with E-state index >= 15 is 0 Å².